The second-order valence-corrected chi connectivity index (χ2v) is 6.36. The van der Waals surface area contributed by atoms with Crippen LogP contribution in [-0.4, -0.2) is 24.3 Å². The molecule has 3 amide bonds. The monoisotopic (exact) mass is 431 g/mol. The van der Waals surface area contributed by atoms with Gasteiger partial charge in [0.2, 0.25) is 5.91 Å². The SMILES string of the molecule is O=C(CNC(=O)c1ccoc1)Nc1cccc(C(=O)Nc2cccc(C(F)(F)F)c2)c1. The van der Waals surface area contributed by atoms with E-state index in [9.17, 15) is 27.6 Å². The van der Waals surface area contributed by atoms with E-state index in [1.165, 1.54) is 55.0 Å². The highest BCUT2D eigenvalue weighted by Crippen LogP contribution is 2.30. The third kappa shape index (κ3) is 5.95. The van der Waals surface area contributed by atoms with Gasteiger partial charge in [-0.3, -0.25) is 14.4 Å². The van der Waals surface area contributed by atoms with Gasteiger partial charge in [0.1, 0.15) is 6.26 Å². The molecule has 0 atom stereocenters. The van der Waals surface area contributed by atoms with E-state index in [1.807, 2.05) is 0 Å². The number of furan rings is 1. The number of hydrogen-bond donors (Lipinski definition) is 3. The molecule has 0 radical (unpaired) electrons. The maximum absolute atomic E-state index is 12.8. The summed E-state index contributed by atoms with van der Waals surface area (Å²) < 4.78 is 43.2. The number of halogens is 3. The highest BCUT2D eigenvalue weighted by Gasteiger charge is 2.30. The van der Waals surface area contributed by atoms with Gasteiger partial charge < -0.3 is 20.4 Å². The fourth-order valence-corrected chi connectivity index (χ4v) is 2.58. The number of alkyl halides is 3. The molecule has 1 aromatic heterocycles. The minimum Gasteiger partial charge on any atom is -0.472 e. The van der Waals surface area contributed by atoms with Crippen molar-refractivity contribution < 1.29 is 32.0 Å². The zero-order valence-electron chi connectivity index (χ0n) is 15.8. The maximum atomic E-state index is 12.8. The Labute approximate surface area is 174 Å². The Kier molecular flexibility index (Phi) is 6.39. The van der Waals surface area contributed by atoms with Gasteiger partial charge in [0.05, 0.1) is 23.9 Å². The highest BCUT2D eigenvalue weighted by atomic mass is 19.4. The van der Waals surface area contributed by atoms with E-state index >= 15 is 0 Å². The van der Waals surface area contributed by atoms with Crippen LogP contribution in [-0.2, 0) is 11.0 Å². The normalized spacial score (nSPS) is 10.9. The first kappa shape index (κ1) is 21.6. The van der Waals surface area contributed by atoms with Crippen LogP contribution in [0.15, 0.2) is 71.5 Å². The van der Waals surface area contributed by atoms with Crippen molar-refractivity contribution in [2.24, 2.45) is 0 Å². The Morgan fingerprint density at radius 2 is 1.55 bits per heavy atom. The number of amides is 3. The van der Waals surface area contributed by atoms with Crippen LogP contribution in [0.2, 0.25) is 0 Å². The molecule has 0 bridgehead atoms. The van der Waals surface area contributed by atoms with Crippen molar-refractivity contribution in [1.82, 2.24) is 5.32 Å². The van der Waals surface area contributed by atoms with Crippen molar-refractivity contribution in [1.29, 1.82) is 0 Å². The Hall–Kier alpha value is -4.08. The number of carbonyl (C=O) groups is 3. The summed E-state index contributed by atoms with van der Waals surface area (Å²) in [5.41, 5.74) is -0.238. The summed E-state index contributed by atoms with van der Waals surface area (Å²) in [4.78, 5) is 36.2. The van der Waals surface area contributed by atoms with Crippen LogP contribution in [0.5, 0.6) is 0 Å². The van der Waals surface area contributed by atoms with E-state index in [0.717, 1.165) is 12.1 Å². The van der Waals surface area contributed by atoms with Gasteiger partial charge in [-0.25, -0.2) is 0 Å². The quantitative estimate of drug-likeness (QED) is 0.551. The van der Waals surface area contributed by atoms with Crippen molar-refractivity contribution >= 4 is 29.1 Å². The predicted octanol–water partition coefficient (Wildman–Crippen LogP) is 3.92. The van der Waals surface area contributed by atoms with E-state index in [-0.39, 0.29) is 29.0 Å². The topological polar surface area (TPSA) is 100 Å². The molecule has 0 saturated carbocycles. The lowest BCUT2D eigenvalue weighted by Crippen LogP contribution is -2.32. The van der Waals surface area contributed by atoms with Gasteiger partial charge in [0.25, 0.3) is 11.8 Å². The van der Waals surface area contributed by atoms with Crippen LogP contribution in [0.3, 0.4) is 0 Å². The predicted molar refractivity (Wildman–Crippen MR) is 106 cm³/mol. The number of anilines is 2. The summed E-state index contributed by atoms with van der Waals surface area (Å²) in [6, 6.07) is 11.5. The second-order valence-electron chi connectivity index (χ2n) is 6.36. The van der Waals surface area contributed by atoms with Crippen molar-refractivity contribution in [3.05, 3.63) is 83.8 Å². The fraction of sp³-hybridized carbons (Fsp3) is 0.0952. The molecule has 3 N–H and O–H groups in total. The minimum absolute atomic E-state index is 0.0174. The third-order valence-corrected chi connectivity index (χ3v) is 4.05. The molecule has 7 nitrogen and oxygen atoms in total. The molecule has 0 aliphatic rings. The summed E-state index contributed by atoms with van der Waals surface area (Å²) in [6.45, 7) is -0.315. The molecule has 2 aromatic carbocycles. The van der Waals surface area contributed by atoms with E-state index in [0.29, 0.717) is 0 Å². The molecule has 0 spiro atoms. The van der Waals surface area contributed by atoms with Crippen molar-refractivity contribution in [2.75, 3.05) is 17.2 Å². The number of hydrogen-bond acceptors (Lipinski definition) is 4. The molecule has 0 aliphatic heterocycles. The largest absolute Gasteiger partial charge is 0.472 e. The summed E-state index contributed by atoms with van der Waals surface area (Å²) in [5.74, 6) is -1.67. The van der Waals surface area contributed by atoms with Gasteiger partial charge in [0.15, 0.2) is 0 Å². The van der Waals surface area contributed by atoms with Crippen molar-refractivity contribution in [3.8, 4) is 0 Å². The molecular formula is C21H16F3N3O4. The molecule has 160 valence electrons. The molecular weight excluding hydrogens is 415 g/mol. The van der Waals surface area contributed by atoms with E-state index in [1.54, 1.807) is 0 Å². The van der Waals surface area contributed by atoms with Crippen LogP contribution < -0.4 is 16.0 Å². The minimum atomic E-state index is -4.53. The van der Waals surface area contributed by atoms with E-state index < -0.39 is 29.5 Å². The summed E-state index contributed by atoms with van der Waals surface area (Å²) in [5, 5.41) is 7.32. The molecule has 1 heterocycles. The van der Waals surface area contributed by atoms with E-state index in [4.69, 9.17) is 4.42 Å². The smallest absolute Gasteiger partial charge is 0.416 e. The zero-order chi connectivity index (χ0) is 22.4. The molecule has 0 fully saturated rings. The first-order valence-corrected chi connectivity index (χ1v) is 8.91. The van der Waals surface area contributed by atoms with Gasteiger partial charge >= 0.3 is 6.18 Å². The molecule has 3 rings (SSSR count). The van der Waals surface area contributed by atoms with E-state index in [2.05, 4.69) is 16.0 Å². The van der Waals surface area contributed by atoms with Gasteiger partial charge in [-0.05, 0) is 42.5 Å². The number of rotatable bonds is 6. The van der Waals surface area contributed by atoms with Gasteiger partial charge in [-0.1, -0.05) is 12.1 Å². The Balaban J connectivity index is 1.60. The maximum Gasteiger partial charge on any atom is 0.416 e. The first-order valence-electron chi connectivity index (χ1n) is 8.91. The van der Waals surface area contributed by atoms with Crippen molar-refractivity contribution in [2.45, 2.75) is 6.18 Å². The molecule has 3 aromatic rings. The Morgan fingerprint density at radius 3 is 2.23 bits per heavy atom. The molecule has 0 saturated heterocycles. The first-order chi connectivity index (χ1) is 14.7. The lowest BCUT2D eigenvalue weighted by Gasteiger charge is -2.11. The standard InChI is InChI=1S/C21H16F3N3O4/c22-21(23,24)15-4-2-6-17(10-15)27-20(30)13-3-1-5-16(9-13)26-18(28)11-25-19(29)14-7-8-31-12-14/h1-10,12H,11H2,(H,25,29)(H,26,28)(H,27,30). The Bertz CT molecular complexity index is 1100. The second kappa shape index (κ2) is 9.16. The highest BCUT2D eigenvalue weighted by molar-refractivity contribution is 6.05. The zero-order valence-corrected chi connectivity index (χ0v) is 15.8. The lowest BCUT2D eigenvalue weighted by atomic mass is 10.1. The number of nitrogens with one attached hydrogen (secondary N) is 3. The molecule has 31 heavy (non-hydrogen) atoms. The number of carbonyl (C=O) groups excluding carboxylic acids is 3. The molecule has 0 unspecified atom stereocenters. The van der Waals surface area contributed by atoms with Crippen LogP contribution in [0, 0.1) is 0 Å². The van der Waals surface area contributed by atoms with Crippen LogP contribution in [0.4, 0.5) is 24.5 Å². The van der Waals surface area contributed by atoms with Crippen LogP contribution in [0.1, 0.15) is 26.3 Å². The van der Waals surface area contributed by atoms with Crippen molar-refractivity contribution in [3.63, 3.8) is 0 Å². The third-order valence-electron chi connectivity index (χ3n) is 4.05. The lowest BCUT2D eigenvalue weighted by molar-refractivity contribution is -0.137. The van der Waals surface area contributed by atoms with Crippen LogP contribution >= 0.6 is 0 Å². The van der Waals surface area contributed by atoms with Gasteiger partial charge in [-0.2, -0.15) is 13.2 Å². The van der Waals surface area contributed by atoms with Gasteiger partial charge in [0, 0.05) is 16.9 Å². The number of benzene rings is 2. The molecule has 10 heteroatoms. The summed E-state index contributed by atoms with van der Waals surface area (Å²) in [7, 11) is 0. The molecule has 0 aliphatic carbocycles. The van der Waals surface area contributed by atoms with Gasteiger partial charge in [-0.15, -0.1) is 0 Å². The average molecular weight is 431 g/mol. The average Bonchev–Trinajstić information content (AvgIpc) is 3.27. The summed E-state index contributed by atoms with van der Waals surface area (Å²) >= 11 is 0. The fourth-order valence-electron chi connectivity index (χ4n) is 2.58. The van der Waals surface area contributed by atoms with Crippen LogP contribution in [0.25, 0.3) is 0 Å². The Morgan fingerprint density at radius 1 is 0.839 bits per heavy atom. The summed E-state index contributed by atoms with van der Waals surface area (Å²) in [6.07, 6.45) is -1.97.